The van der Waals surface area contributed by atoms with Crippen LogP contribution in [0.1, 0.15) is 12.1 Å². The summed E-state index contributed by atoms with van der Waals surface area (Å²) < 4.78 is 1.29. The molecule has 0 aromatic carbocycles. The average Bonchev–Trinajstić information content (AvgIpc) is 2.73. The Morgan fingerprint density at radius 2 is 2.44 bits per heavy atom. The lowest BCUT2D eigenvalue weighted by molar-refractivity contribution is 0.296. The van der Waals surface area contributed by atoms with Gasteiger partial charge in [0, 0.05) is 18.4 Å². The van der Waals surface area contributed by atoms with Crippen LogP contribution in [0.15, 0.2) is 17.2 Å². The SMILES string of the molecule is O=c1cc(CSCCCO)nc2nc[nH]n12. The summed E-state index contributed by atoms with van der Waals surface area (Å²) in [6.07, 6.45) is 2.20. The van der Waals surface area contributed by atoms with E-state index in [0.29, 0.717) is 11.5 Å². The Morgan fingerprint density at radius 1 is 1.56 bits per heavy atom. The molecule has 86 valence electrons. The van der Waals surface area contributed by atoms with E-state index in [1.807, 2.05) is 0 Å². The Hall–Kier alpha value is -1.34. The molecule has 0 fully saturated rings. The number of H-pyrrole nitrogens is 1. The molecule has 6 nitrogen and oxygen atoms in total. The van der Waals surface area contributed by atoms with Crippen LogP contribution in [-0.4, -0.2) is 37.0 Å². The van der Waals surface area contributed by atoms with Crippen LogP contribution in [0.25, 0.3) is 5.78 Å². The minimum atomic E-state index is -0.153. The number of hydrogen-bond donors (Lipinski definition) is 2. The van der Waals surface area contributed by atoms with E-state index in [0.717, 1.165) is 17.9 Å². The Balaban J connectivity index is 2.10. The van der Waals surface area contributed by atoms with Crippen LogP contribution in [0.5, 0.6) is 0 Å². The first kappa shape index (κ1) is 11.2. The molecule has 0 saturated carbocycles. The number of thioether (sulfide) groups is 1. The van der Waals surface area contributed by atoms with Gasteiger partial charge in [0.1, 0.15) is 6.33 Å². The zero-order chi connectivity index (χ0) is 11.4. The van der Waals surface area contributed by atoms with Gasteiger partial charge in [-0.1, -0.05) is 0 Å². The van der Waals surface area contributed by atoms with Crippen LogP contribution in [0, 0.1) is 0 Å². The maximum absolute atomic E-state index is 11.6. The van der Waals surface area contributed by atoms with Crippen molar-refractivity contribution in [1.29, 1.82) is 0 Å². The third kappa shape index (κ3) is 2.42. The number of aliphatic hydroxyl groups is 1. The third-order valence-corrected chi connectivity index (χ3v) is 3.09. The van der Waals surface area contributed by atoms with Gasteiger partial charge in [0.25, 0.3) is 11.3 Å². The molecule has 2 aromatic rings. The highest BCUT2D eigenvalue weighted by Crippen LogP contribution is 2.09. The summed E-state index contributed by atoms with van der Waals surface area (Å²) in [6, 6.07) is 1.50. The van der Waals surface area contributed by atoms with E-state index >= 15 is 0 Å². The fourth-order valence-corrected chi connectivity index (χ4v) is 2.12. The predicted molar refractivity (Wildman–Crippen MR) is 61.5 cm³/mol. The summed E-state index contributed by atoms with van der Waals surface area (Å²) in [5.74, 6) is 1.92. The molecule has 7 heteroatoms. The Labute approximate surface area is 95.7 Å². The molecule has 0 aliphatic rings. The van der Waals surface area contributed by atoms with E-state index in [9.17, 15) is 4.79 Å². The van der Waals surface area contributed by atoms with Gasteiger partial charge in [-0.05, 0) is 12.2 Å². The molecule has 0 amide bonds. The van der Waals surface area contributed by atoms with Crippen molar-refractivity contribution in [2.45, 2.75) is 12.2 Å². The quantitative estimate of drug-likeness (QED) is 0.721. The number of aromatic nitrogens is 4. The largest absolute Gasteiger partial charge is 0.396 e. The van der Waals surface area contributed by atoms with Gasteiger partial charge in [-0.15, -0.1) is 0 Å². The smallest absolute Gasteiger partial charge is 0.274 e. The van der Waals surface area contributed by atoms with Crippen molar-refractivity contribution in [1.82, 2.24) is 19.6 Å². The second-order valence-corrected chi connectivity index (χ2v) is 4.34. The van der Waals surface area contributed by atoms with Crippen LogP contribution in [0.4, 0.5) is 0 Å². The van der Waals surface area contributed by atoms with Crippen molar-refractivity contribution < 1.29 is 5.11 Å². The van der Waals surface area contributed by atoms with E-state index in [-0.39, 0.29) is 12.2 Å². The Kier molecular flexibility index (Phi) is 3.58. The molecular weight excluding hydrogens is 228 g/mol. The van der Waals surface area contributed by atoms with E-state index in [1.54, 1.807) is 11.8 Å². The molecule has 0 aliphatic heterocycles. The van der Waals surface area contributed by atoms with E-state index in [4.69, 9.17) is 5.11 Å². The first-order chi connectivity index (χ1) is 7.81. The number of aromatic amines is 1. The van der Waals surface area contributed by atoms with Crippen LogP contribution >= 0.6 is 11.8 Å². The van der Waals surface area contributed by atoms with Crippen LogP contribution in [-0.2, 0) is 5.75 Å². The fraction of sp³-hybridized carbons (Fsp3) is 0.444. The number of rotatable bonds is 5. The van der Waals surface area contributed by atoms with Gasteiger partial charge in [-0.2, -0.15) is 16.3 Å². The van der Waals surface area contributed by atoms with Gasteiger partial charge in [0.15, 0.2) is 0 Å². The molecule has 0 unspecified atom stereocenters. The summed E-state index contributed by atoms with van der Waals surface area (Å²) in [7, 11) is 0. The molecule has 2 heterocycles. The number of aliphatic hydroxyl groups excluding tert-OH is 1. The van der Waals surface area contributed by atoms with Gasteiger partial charge in [0.05, 0.1) is 5.69 Å². The van der Waals surface area contributed by atoms with E-state index in [2.05, 4.69) is 15.1 Å². The highest BCUT2D eigenvalue weighted by atomic mass is 32.2. The molecular formula is C9H12N4O2S. The molecule has 16 heavy (non-hydrogen) atoms. The maximum Gasteiger partial charge on any atom is 0.274 e. The van der Waals surface area contributed by atoms with Crippen molar-refractivity contribution in [2.75, 3.05) is 12.4 Å². The topological polar surface area (TPSA) is 83.3 Å². The standard InChI is InChI=1S/C9H12N4O2S/c14-2-1-3-16-5-7-4-8(15)13-9(12-7)10-6-11-13/h4,6,14H,1-3,5H2,(H,10,11,12). The number of nitrogens with one attached hydrogen (secondary N) is 1. The van der Waals surface area contributed by atoms with Crippen molar-refractivity contribution in [3.8, 4) is 0 Å². The second kappa shape index (κ2) is 5.13. The molecule has 0 bridgehead atoms. The molecule has 2 aromatic heterocycles. The van der Waals surface area contributed by atoms with E-state index in [1.165, 1.54) is 16.9 Å². The fourth-order valence-electron chi connectivity index (χ4n) is 1.29. The Bertz CT molecular complexity index is 521. The van der Waals surface area contributed by atoms with Crippen molar-refractivity contribution in [3.05, 3.63) is 28.4 Å². The zero-order valence-electron chi connectivity index (χ0n) is 8.59. The summed E-state index contributed by atoms with van der Waals surface area (Å²) in [4.78, 5) is 19.7. The van der Waals surface area contributed by atoms with Crippen molar-refractivity contribution >= 4 is 17.5 Å². The van der Waals surface area contributed by atoms with Gasteiger partial charge in [-0.3, -0.25) is 9.89 Å². The normalized spacial score (nSPS) is 11.1. The number of hydrogen-bond acceptors (Lipinski definition) is 5. The van der Waals surface area contributed by atoms with Gasteiger partial charge < -0.3 is 5.11 Å². The second-order valence-electron chi connectivity index (χ2n) is 3.24. The number of fused-ring (bicyclic) bond motifs is 1. The van der Waals surface area contributed by atoms with Gasteiger partial charge in [-0.25, -0.2) is 9.97 Å². The van der Waals surface area contributed by atoms with Crippen molar-refractivity contribution in [3.63, 3.8) is 0 Å². The van der Waals surface area contributed by atoms with Crippen LogP contribution in [0.3, 0.4) is 0 Å². The highest BCUT2D eigenvalue weighted by molar-refractivity contribution is 7.98. The lowest BCUT2D eigenvalue weighted by atomic mass is 10.4. The average molecular weight is 240 g/mol. The molecule has 0 spiro atoms. The predicted octanol–water partition coefficient (Wildman–Crippen LogP) is 0.0332. The van der Waals surface area contributed by atoms with Gasteiger partial charge >= 0.3 is 0 Å². The number of nitrogens with zero attached hydrogens (tertiary/aromatic N) is 3. The van der Waals surface area contributed by atoms with Crippen LogP contribution in [0.2, 0.25) is 0 Å². The third-order valence-electron chi connectivity index (χ3n) is 2.02. The lowest BCUT2D eigenvalue weighted by Gasteiger charge is -1.99. The minimum Gasteiger partial charge on any atom is -0.396 e. The Morgan fingerprint density at radius 3 is 3.25 bits per heavy atom. The molecule has 2 N–H and O–H groups in total. The molecule has 0 saturated heterocycles. The first-order valence-electron chi connectivity index (χ1n) is 4.92. The van der Waals surface area contributed by atoms with E-state index < -0.39 is 0 Å². The lowest BCUT2D eigenvalue weighted by Crippen LogP contribution is -2.15. The highest BCUT2D eigenvalue weighted by Gasteiger charge is 2.03. The maximum atomic E-state index is 11.6. The summed E-state index contributed by atoms with van der Waals surface area (Å²) >= 11 is 1.64. The van der Waals surface area contributed by atoms with Crippen LogP contribution < -0.4 is 5.56 Å². The van der Waals surface area contributed by atoms with Crippen molar-refractivity contribution in [2.24, 2.45) is 0 Å². The molecule has 2 rings (SSSR count). The summed E-state index contributed by atoms with van der Waals surface area (Å²) in [6.45, 7) is 0.196. The minimum absolute atomic E-state index is 0.153. The summed E-state index contributed by atoms with van der Waals surface area (Å²) in [5, 5.41) is 11.3. The monoisotopic (exact) mass is 240 g/mol. The molecule has 0 atom stereocenters. The molecule has 0 radical (unpaired) electrons. The summed E-state index contributed by atoms with van der Waals surface area (Å²) in [5.41, 5.74) is 0.570. The van der Waals surface area contributed by atoms with Gasteiger partial charge in [0.2, 0.25) is 0 Å². The zero-order valence-corrected chi connectivity index (χ0v) is 9.40. The first-order valence-corrected chi connectivity index (χ1v) is 6.07. The molecule has 0 aliphatic carbocycles.